The molecule has 0 fully saturated rings. The molecule has 0 heterocycles. The van der Waals surface area contributed by atoms with Gasteiger partial charge in [-0.1, -0.05) is 71.2 Å². The number of hydrogen-bond donors (Lipinski definition) is 1. The zero-order chi connectivity index (χ0) is 30.0. The third-order valence-electron chi connectivity index (χ3n) is 4.69. The van der Waals surface area contributed by atoms with Crippen LogP contribution in [0.15, 0.2) is 72.8 Å². The molecule has 0 aliphatic heterocycles. The van der Waals surface area contributed by atoms with Gasteiger partial charge in [0.25, 0.3) is 0 Å². The minimum Gasteiger partial charge on any atom is -0.281 e. The summed E-state index contributed by atoms with van der Waals surface area (Å²) >= 11 is 18.1. The first-order valence-corrected chi connectivity index (χ1v) is 13.8. The third kappa shape index (κ3) is 7.31. The Hall–Kier alpha value is -1.76. The molecule has 0 bridgehead atoms. The van der Waals surface area contributed by atoms with Gasteiger partial charge in [0.1, 0.15) is 0 Å². The largest absolute Gasteiger partial charge is 0.460 e. The maximum atomic E-state index is 12.2. The Morgan fingerprint density at radius 1 is 0.538 bits per heavy atom. The molecule has 0 aliphatic rings. The van der Waals surface area contributed by atoms with Crippen LogP contribution in [0.3, 0.4) is 0 Å². The van der Waals surface area contributed by atoms with Crippen LogP contribution < -0.4 is 15.9 Å². The van der Waals surface area contributed by atoms with Crippen LogP contribution in [0.25, 0.3) is 0 Å². The minimum absolute atomic E-state index is 0.659. The van der Waals surface area contributed by atoms with Gasteiger partial charge in [0, 0.05) is 15.1 Å². The lowest BCUT2D eigenvalue weighted by Crippen LogP contribution is -2.63. The summed E-state index contributed by atoms with van der Waals surface area (Å²) in [5, 5.41) is -1.06. The Labute approximate surface area is 232 Å². The predicted octanol–water partition coefficient (Wildman–Crippen LogP) is 7.70. The van der Waals surface area contributed by atoms with Gasteiger partial charge in [-0.05, 0) is 60.2 Å². The minimum atomic E-state index is -7.37. The number of hydrogen-bond acceptors (Lipinski definition) is 2. The van der Waals surface area contributed by atoms with E-state index in [0.29, 0.717) is 0 Å². The Morgan fingerprint density at radius 3 is 1.00 bits per heavy atom. The van der Waals surface area contributed by atoms with Crippen LogP contribution in [-0.4, -0.2) is 36.2 Å². The van der Waals surface area contributed by atoms with Gasteiger partial charge in [-0.2, -0.15) is 47.9 Å². The lowest BCUT2D eigenvalue weighted by Gasteiger charge is -2.31. The summed E-state index contributed by atoms with van der Waals surface area (Å²) in [5.74, 6) is -14.7. The van der Waals surface area contributed by atoms with Crippen molar-refractivity contribution >= 4 is 68.8 Å². The summed E-state index contributed by atoms with van der Waals surface area (Å²) in [6.07, 6.45) is -7.13. The zero-order valence-corrected chi connectivity index (χ0v) is 22.6. The van der Waals surface area contributed by atoms with E-state index in [2.05, 4.69) is 36.4 Å². The second-order valence-electron chi connectivity index (χ2n) is 7.40. The molecule has 0 saturated heterocycles. The molecule has 0 spiro atoms. The van der Waals surface area contributed by atoms with E-state index in [1.54, 1.807) is 0 Å². The van der Waals surface area contributed by atoms with Crippen molar-refractivity contribution in [3.63, 3.8) is 0 Å². The molecule has 39 heavy (non-hydrogen) atoms. The predicted molar refractivity (Wildman–Crippen MR) is 133 cm³/mol. The first kappa shape index (κ1) is 33.4. The van der Waals surface area contributed by atoms with Crippen molar-refractivity contribution in [2.75, 3.05) is 0 Å². The molecule has 0 aliphatic carbocycles. The average molecular weight is 666 g/mol. The van der Waals surface area contributed by atoms with E-state index in [4.69, 9.17) is 39.4 Å². The molecule has 1 N–H and O–H groups in total. The first-order chi connectivity index (χ1) is 17.6. The molecule has 0 radical (unpaired) electrons. The van der Waals surface area contributed by atoms with Crippen LogP contribution >= 0.6 is 42.7 Å². The smallest absolute Gasteiger partial charge is 0.281 e. The highest BCUT2D eigenvalue weighted by Gasteiger charge is 2.85. The molecular weight excluding hydrogens is 653 g/mol. The molecule has 0 amide bonds. The molecule has 0 unspecified atom stereocenters. The average Bonchev–Trinajstić information content (AvgIpc) is 2.81. The number of rotatable bonds is 6. The fourth-order valence-corrected chi connectivity index (χ4v) is 5.81. The first-order valence-electron chi connectivity index (χ1n) is 9.87. The fraction of sp³-hybridized carbons (Fsp3) is 0.182. The van der Waals surface area contributed by atoms with Gasteiger partial charge in [-0.15, -0.1) is 0 Å². The highest BCUT2D eigenvalue weighted by molar-refractivity contribution is 7.87. The Morgan fingerprint density at radius 2 is 0.795 bits per heavy atom. The van der Waals surface area contributed by atoms with E-state index in [-0.39, 0.29) is 0 Å². The highest BCUT2D eigenvalue weighted by atomic mass is 35.5. The van der Waals surface area contributed by atoms with Crippen LogP contribution in [0.2, 0.25) is 15.1 Å². The topological polar surface area (TPSA) is 54.4 Å². The van der Waals surface area contributed by atoms with Crippen molar-refractivity contribution < 1.29 is 52.5 Å². The fourth-order valence-electron chi connectivity index (χ4n) is 2.74. The number of benzene rings is 3. The third-order valence-corrected chi connectivity index (χ3v) is 8.80. The van der Waals surface area contributed by atoms with Gasteiger partial charge < -0.3 is 0 Å². The van der Waals surface area contributed by atoms with Crippen molar-refractivity contribution in [3.05, 3.63) is 87.9 Å². The van der Waals surface area contributed by atoms with Crippen LogP contribution in [0.1, 0.15) is 0 Å². The lowest BCUT2D eigenvalue weighted by molar-refractivity contribution is -0.382. The standard InChI is InChI=1S/C18H12Cl3P.C4HF9O3S/c19-13-1-7-16(8-2-13)22(17-9-3-14(20)4-10-17)18-11-5-15(21)6-12-18;5-1(6,3(9,10)11)2(7,8)4(12,13)17(14,15)16/h1-12H;(H,14,15,16). The van der Waals surface area contributed by atoms with Gasteiger partial charge in [0.2, 0.25) is 0 Å². The van der Waals surface area contributed by atoms with Crippen LogP contribution in [-0.2, 0) is 10.1 Å². The maximum absolute atomic E-state index is 12.2. The Bertz CT molecular complexity index is 1260. The van der Waals surface area contributed by atoms with E-state index in [9.17, 15) is 47.9 Å². The quantitative estimate of drug-likeness (QED) is 0.167. The lowest BCUT2D eigenvalue weighted by atomic mass is 10.1. The maximum Gasteiger partial charge on any atom is 0.460 e. The summed E-state index contributed by atoms with van der Waals surface area (Å²) in [4.78, 5) is 0. The second-order valence-corrected chi connectivity index (χ2v) is 12.4. The Balaban J connectivity index is 0.000000285. The van der Waals surface area contributed by atoms with Gasteiger partial charge in [0.05, 0.1) is 0 Å². The highest BCUT2D eigenvalue weighted by Crippen LogP contribution is 2.54. The van der Waals surface area contributed by atoms with E-state index < -0.39 is 41.3 Å². The van der Waals surface area contributed by atoms with Crippen molar-refractivity contribution in [2.24, 2.45) is 0 Å². The van der Waals surface area contributed by atoms with E-state index in [1.165, 1.54) is 15.9 Å². The SMILES string of the molecule is Clc1ccc(P(c2ccc(Cl)cc2)c2ccc(Cl)cc2)cc1.O=S(=O)(O)C(F)(F)C(F)(F)C(F)(F)C(F)(F)F. The molecule has 3 aromatic rings. The molecule has 0 saturated carbocycles. The van der Waals surface area contributed by atoms with Gasteiger partial charge in [-0.25, -0.2) is 0 Å². The number of alkyl halides is 9. The van der Waals surface area contributed by atoms with Crippen molar-refractivity contribution in [2.45, 2.75) is 23.3 Å². The normalized spacial score (nSPS) is 13.2. The monoisotopic (exact) mass is 664 g/mol. The molecular formula is C22H13Cl3F9O3PS. The van der Waals surface area contributed by atoms with E-state index >= 15 is 0 Å². The van der Waals surface area contributed by atoms with E-state index in [1.807, 2.05) is 36.4 Å². The molecule has 3 nitrogen and oxygen atoms in total. The molecule has 3 aromatic carbocycles. The summed E-state index contributed by atoms with van der Waals surface area (Å²) in [5.41, 5.74) is 0. The van der Waals surface area contributed by atoms with Gasteiger partial charge in [-0.3, -0.25) is 4.55 Å². The molecule has 214 valence electrons. The van der Waals surface area contributed by atoms with Crippen molar-refractivity contribution in [1.82, 2.24) is 0 Å². The van der Waals surface area contributed by atoms with Crippen molar-refractivity contribution in [1.29, 1.82) is 0 Å². The Kier molecular flexibility index (Phi) is 10.3. The van der Waals surface area contributed by atoms with Gasteiger partial charge in [0.15, 0.2) is 0 Å². The summed E-state index contributed by atoms with van der Waals surface area (Å²) < 4.78 is 134. The zero-order valence-electron chi connectivity index (χ0n) is 18.6. The van der Waals surface area contributed by atoms with Gasteiger partial charge >= 0.3 is 33.4 Å². The summed E-state index contributed by atoms with van der Waals surface area (Å²) in [6.45, 7) is 0. The van der Waals surface area contributed by atoms with Crippen LogP contribution in [0.4, 0.5) is 39.5 Å². The van der Waals surface area contributed by atoms with Crippen LogP contribution in [0, 0.1) is 0 Å². The van der Waals surface area contributed by atoms with Crippen LogP contribution in [0.5, 0.6) is 0 Å². The molecule has 0 atom stereocenters. The molecule has 0 aromatic heterocycles. The summed E-state index contributed by atoms with van der Waals surface area (Å²) in [7, 11) is -7.83. The van der Waals surface area contributed by atoms with E-state index in [0.717, 1.165) is 15.1 Å². The second kappa shape index (κ2) is 12.0. The summed E-state index contributed by atoms with van der Waals surface area (Å²) in [6, 6.07) is 24.1. The molecule has 17 heteroatoms. The van der Waals surface area contributed by atoms with Crippen molar-refractivity contribution in [3.8, 4) is 0 Å². The molecule has 3 rings (SSSR count). The number of halogens is 12.